The lowest BCUT2D eigenvalue weighted by Crippen LogP contribution is -2.51. The molecule has 3 fully saturated rings. The van der Waals surface area contributed by atoms with Crippen molar-refractivity contribution in [3.8, 4) is 0 Å². The number of ether oxygens (including phenoxy) is 6. The highest BCUT2D eigenvalue weighted by Gasteiger charge is 2.47. The first kappa shape index (κ1) is 34.0. The molecule has 1 aliphatic carbocycles. The molecule has 0 spiro atoms. The molecule has 0 aromatic rings. The van der Waals surface area contributed by atoms with E-state index in [1.54, 1.807) is 0 Å². The fraction of sp³-hybridized carbons (Fsp3) is 0.879. The van der Waals surface area contributed by atoms with Crippen LogP contribution in [-0.4, -0.2) is 56.7 Å². The highest BCUT2D eigenvalue weighted by Crippen LogP contribution is 2.39. The second-order valence-corrected chi connectivity index (χ2v) is 12.0. The molecular weight excluding hydrogens is 524 g/mol. The smallest absolute Gasteiger partial charge is 0.366 e. The Morgan fingerprint density at radius 1 is 0.854 bits per heavy atom. The topological polar surface area (TPSA) is 89.5 Å². The van der Waals surface area contributed by atoms with Crippen LogP contribution in [0, 0.1) is 11.8 Å². The van der Waals surface area contributed by atoms with Crippen molar-refractivity contribution in [2.24, 2.45) is 11.8 Å². The van der Waals surface area contributed by atoms with Crippen LogP contribution in [0.15, 0.2) is 12.2 Å². The lowest BCUT2D eigenvalue weighted by molar-refractivity contribution is -0.353. The van der Waals surface area contributed by atoms with Gasteiger partial charge < -0.3 is 28.4 Å². The number of methoxy groups -OCH3 is 1. The lowest BCUT2D eigenvalue weighted by Gasteiger charge is -2.38. The molecule has 236 valence electrons. The third-order valence-corrected chi connectivity index (χ3v) is 8.70. The summed E-state index contributed by atoms with van der Waals surface area (Å²) in [4.78, 5) is 25.0. The fourth-order valence-corrected chi connectivity index (χ4v) is 6.47. The summed E-state index contributed by atoms with van der Waals surface area (Å²) < 4.78 is 35.2. The molecule has 0 aromatic heterocycles. The van der Waals surface area contributed by atoms with Crippen LogP contribution in [0.1, 0.15) is 129 Å². The van der Waals surface area contributed by atoms with Gasteiger partial charge in [-0.05, 0) is 83.0 Å². The molecule has 3 aliphatic rings. The van der Waals surface area contributed by atoms with Crippen LogP contribution in [0.25, 0.3) is 0 Å². The zero-order chi connectivity index (χ0) is 29.3. The minimum atomic E-state index is -1.55. The first-order valence-corrected chi connectivity index (χ1v) is 16.5. The van der Waals surface area contributed by atoms with E-state index in [1.165, 1.54) is 39.7 Å². The molecule has 0 aromatic carbocycles. The molecular formula is C33H56O8. The Morgan fingerprint density at radius 2 is 1.54 bits per heavy atom. The van der Waals surface area contributed by atoms with Gasteiger partial charge in [-0.15, -0.1) is 0 Å². The van der Waals surface area contributed by atoms with Gasteiger partial charge in [0.05, 0.1) is 7.11 Å². The molecule has 3 rings (SSSR count). The van der Waals surface area contributed by atoms with E-state index in [2.05, 4.69) is 19.1 Å². The molecule has 2 saturated heterocycles. The van der Waals surface area contributed by atoms with Crippen molar-refractivity contribution in [1.82, 2.24) is 0 Å². The van der Waals surface area contributed by atoms with Gasteiger partial charge in [-0.2, -0.15) is 0 Å². The average molecular weight is 581 g/mol. The molecule has 0 radical (unpaired) electrons. The van der Waals surface area contributed by atoms with Gasteiger partial charge in [0.1, 0.15) is 6.10 Å². The maximum absolute atomic E-state index is 13.2. The Balaban J connectivity index is 1.57. The highest BCUT2D eigenvalue weighted by molar-refractivity contribution is 5.77. The predicted octanol–water partition coefficient (Wildman–Crippen LogP) is 7.38. The maximum atomic E-state index is 13.2. The Hall–Kier alpha value is -1.48. The summed E-state index contributed by atoms with van der Waals surface area (Å²) >= 11 is 0. The lowest BCUT2D eigenvalue weighted by atomic mass is 9.88. The number of rotatable bonds is 18. The van der Waals surface area contributed by atoms with Crippen LogP contribution in [0.3, 0.4) is 0 Å². The molecule has 0 amide bonds. The zero-order valence-corrected chi connectivity index (χ0v) is 25.9. The van der Waals surface area contributed by atoms with Gasteiger partial charge in [0.25, 0.3) is 5.79 Å². The van der Waals surface area contributed by atoms with Gasteiger partial charge in [0.2, 0.25) is 0 Å². The van der Waals surface area contributed by atoms with Crippen molar-refractivity contribution < 1.29 is 38.0 Å². The molecule has 2 aliphatic heterocycles. The number of carbonyl (C=O) groups excluding carboxylic acids is 2. The van der Waals surface area contributed by atoms with E-state index in [9.17, 15) is 9.59 Å². The normalized spacial score (nSPS) is 28.4. The highest BCUT2D eigenvalue weighted by atomic mass is 16.8. The third-order valence-electron chi connectivity index (χ3n) is 8.70. The Bertz CT molecular complexity index is 751. The van der Waals surface area contributed by atoms with Gasteiger partial charge in [-0.25, -0.2) is 4.79 Å². The Morgan fingerprint density at radius 3 is 2.12 bits per heavy atom. The monoisotopic (exact) mass is 580 g/mol. The van der Waals surface area contributed by atoms with Crippen molar-refractivity contribution >= 4 is 11.9 Å². The number of hydrogen-bond donors (Lipinski definition) is 0. The summed E-state index contributed by atoms with van der Waals surface area (Å²) in [5.74, 6) is -1.50. The molecule has 5 atom stereocenters. The minimum Gasteiger partial charge on any atom is -0.465 e. The van der Waals surface area contributed by atoms with Crippen LogP contribution in [0.5, 0.6) is 0 Å². The number of unbranched alkanes of at least 4 members (excludes halogenated alkanes) is 6. The summed E-state index contributed by atoms with van der Waals surface area (Å²) in [6, 6.07) is 0. The SMILES string of the molecule is CCCCCCC=C[C@H]1CC[C@H](OC(C)=O)[C@@H]1CCCCCC(OC1CCCCO1)(OC1CCCCO1)C(=O)OC. The van der Waals surface area contributed by atoms with E-state index in [0.717, 1.165) is 83.5 Å². The molecule has 0 N–H and O–H groups in total. The molecule has 2 unspecified atom stereocenters. The number of esters is 2. The molecule has 2 heterocycles. The number of carbonyl (C=O) groups is 2. The molecule has 41 heavy (non-hydrogen) atoms. The Kier molecular flexibility index (Phi) is 15.7. The van der Waals surface area contributed by atoms with Crippen molar-refractivity contribution in [3.63, 3.8) is 0 Å². The standard InChI is InChI=1S/C33H56O8/c1-4-5-6-7-8-10-17-27-21-22-29(39-26(2)34)28(27)18-11-9-14-23-33(32(35)36-3,40-30-19-12-15-24-37-30)41-31-20-13-16-25-38-31/h10,17,27-31H,4-9,11-16,18-25H2,1-3H3/t27-,28+,29-,30?,31?,33?/m0/s1. The van der Waals surface area contributed by atoms with Gasteiger partial charge >= 0.3 is 11.9 Å². The number of hydrogen-bond acceptors (Lipinski definition) is 8. The summed E-state index contributed by atoms with van der Waals surface area (Å²) in [6.45, 7) is 4.97. The van der Waals surface area contributed by atoms with Crippen LogP contribution in [0.4, 0.5) is 0 Å². The summed E-state index contributed by atoms with van der Waals surface area (Å²) in [5.41, 5.74) is 0. The maximum Gasteiger partial charge on any atom is 0.366 e. The average Bonchev–Trinajstić information content (AvgIpc) is 3.35. The van der Waals surface area contributed by atoms with E-state index < -0.39 is 24.3 Å². The summed E-state index contributed by atoms with van der Waals surface area (Å²) in [7, 11) is 1.37. The van der Waals surface area contributed by atoms with E-state index in [0.29, 0.717) is 31.5 Å². The van der Waals surface area contributed by atoms with Crippen molar-refractivity contribution in [2.45, 2.75) is 154 Å². The number of allylic oxidation sites excluding steroid dienone is 2. The quantitative estimate of drug-likeness (QED) is 0.0718. The first-order valence-electron chi connectivity index (χ1n) is 16.5. The second kappa shape index (κ2) is 18.9. The largest absolute Gasteiger partial charge is 0.465 e. The predicted molar refractivity (Wildman–Crippen MR) is 157 cm³/mol. The fourth-order valence-electron chi connectivity index (χ4n) is 6.47. The van der Waals surface area contributed by atoms with Gasteiger partial charge in [-0.3, -0.25) is 4.79 Å². The van der Waals surface area contributed by atoms with Gasteiger partial charge in [0, 0.05) is 32.5 Å². The molecule has 8 heteroatoms. The van der Waals surface area contributed by atoms with Gasteiger partial charge in [0.15, 0.2) is 12.6 Å². The van der Waals surface area contributed by atoms with E-state index in [1.807, 2.05) is 0 Å². The first-order chi connectivity index (χ1) is 20.0. The van der Waals surface area contributed by atoms with Crippen LogP contribution in [-0.2, 0) is 38.0 Å². The molecule has 0 bridgehead atoms. The molecule has 8 nitrogen and oxygen atoms in total. The second-order valence-electron chi connectivity index (χ2n) is 12.0. The summed E-state index contributed by atoms with van der Waals surface area (Å²) in [5, 5.41) is 0. The van der Waals surface area contributed by atoms with E-state index in [4.69, 9.17) is 28.4 Å². The Labute approximate surface area is 248 Å². The van der Waals surface area contributed by atoms with Crippen LogP contribution < -0.4 is 0 Å². The van der Waals surface area contributed by atoms with E-state index in [-0.39, 0.29) is 12.1 Å². The van der Waals surface area contributed by atoms with Gasteiger partial charge in [-0.1, -0.05) is 51.2 Å². The zero-order valence-electron chi connectivity index (χ0n) is 25.9. The van der Waals surface area contributed by atoms with E-state index >= 15 is 0 Å². The van der Waals surface area contributed by atoms with Crippen LogP contribution >= 0.6 is 0 Å². The summed E-state index contributed by atoms with van der Waals surface area (Å²) in [6.07, 6.45) is 21.2. The van der Waals surface area contributed by atoms with Crippen molar-refractivity contribution in [2.75, 3.05) is 20.3 Å². The third kappa shape index (κ3) is 11.6. The minimum absolute atomic E-state index is 0.0185. The van der Waals surface area contributed by atoms with Crippen molar-refractivity contribution in [3.05, 3.63) is 12.2 Å². The van der Waals surface area contributed by atoms with Crippen LogP contribution in [0.2, 0.25) is 0 Å². The van der Waals surface area contributed by atoms with Crippen molar-refractivity contribution in [1.29, 1.82) is 0 Å². The molecule has 1 saturated carbocycles.